The monoisotopic (exact) mass is 367 g/mol. The van der Waals surface area contributed by atoms with Gasteiger partial charge in [-0.2, -0.15) is 0 Å². The second kappa shape index (κ2) is 7.40. The summed E-state index contributed by atoms with van der Waals surface area (Å²) in [6, 6.07) is 5.69. The number of pyridine rings is 1. The van der Waals surface area contributed by atoms with Crippen molar-refractivity contribution in [2.45, 2.75) is 25.0 Å². The highest BCUT2D eigenvalue weighted by Gasteiger charge is 2.43. The fourth-order valence-electron chi connectivity index (χ4n) is 3.61. The van der Waals surface area contributed by atoms with Gasteiger partial charge < -0.3 is 14.5 Å². The molecular formula is C19H21N5O3. The van der Waals surface area contributed by atoms with Gasteiger partial charge in [0.15, 0.2) is 0 Å². The van der Waals surface area contributed by atoms with Gasteiger partial charge in [0.25, 0.3) is 5.91 Å². The van der Waals surface area contributed by atoms with Crippen LogP contribution in [0.3, 0.4) is 0 Å². The molecular weight excluding hydrogens is 346 g/mol. The summed E-state index contributed by atoms with van der Waals surface area (Å²) < 4.78 is 5.94. The van der Waals surface area contributed by atoms with Crippen molar-refractivity contribution in [2.75, 3.05) is 26.2 Å². The molecule has 0 radical (unpaired) electrons. The van der Waals surface area contributed by atoms with E-state index in [0.717, 1.165) is 5.69 Å². The van der Waals surface area contributed by atoms with Crippen LogP contribution in [0.1, 0.15) is 29.0 Å². The molecule has 2 aromatic heterocycles. The van der Waals surface area contributed by atoms with E-state index in [0.29, 0.717) is 44.7 Å². The van der Waals surface area contributed by atoms with E-state index in [9.17, 15) is 9.59 Å². The van der Waals surface area contributed by atoms with Crippen LogP contribution in [0.25, 0.3) is 0 Å². The van der Waals surface area contributed by atoms with Gasteiger partial charge in [0.2, 0.25) is 5.91 Å². The largest absolute Gasteiger partial charge is 0.363 e. The Morgan fingerprint density at radius 2 is 2.00 bits per heavy atom. The standard InChI is InChI=1S/C19H21N5O3/c25-17-13-27-19(14-24(17)12-15-3-1-2-6-21-15)4-9-23(10-5-19)18(26)16-11-20-7-8-22-16/h1-3,6-8,11H,4-5,9-10,12-14H2. The van der Waals surface area contributed by atoms with Gasteiger partial charge in [-0.3, -0.25) is 19.6 Å². The molecule has 2 aliphatic rings. The van der Waals surface area contributed by atoms with Crippen LogP contribution in [0, 0.1) is 0 Å². The fraction of sp³-hybridized carbons (Fsp3) is 0.421. The fourth-order valence-corrected chi connectivity index (χ4v) is 3.61. The second-order valence-electron chi connectivity index (χ2n) is 6.93. The topological polar surface area (TPSA) is 88.5 Å². The van der Waals surface area contributed by atoms with Crippen molar-refractivity contribution in [3.63, 3.8) is 0 Å². The van der Waals surface area contributed by atoms with Crippen molar-refractivity contribution in [2.24, 2.45) is 0 Å². The van der Waals surface area contributed by atoms with E-state index in [1.165, 1.54) is 12.4 Å². The molecule has 1 spiro atoms. The van der Waals surface area contributed by atoms with Crippen LogP contribution in [0.2, 0.25) is 0 Å². The number of carbonyl (C=O) groups is 2. The molecule has 2 aliphatic heterocycles. The van der Waals surface area contributed by atoms with Crippen molar-refractivity contribution in [3.05, 3.63) is 54.4 Å². The number of rotatable bonds is 3. The number of ether oxygens (including phenoxy) is 1. The lowest BCUT2D eigenvalue weighted by atomic mass is 9.89. The Morgan fingerprint density at radius 1 is 1.15 bits per heavy atom. The molecule has 0 aliphatic carbocycles. The molecule has 4 heterocycles. The predicted molar refractivity (Wildman–Crippen MR) is 95.5 cm³/mol. The predicted octanol–water partition coefficient (Wildman–Crippen LogP) is 0.905. The van der Waals surface area contributed by atoms with E-state index in [1.807, 2.05) is 23.1 Å². The van der Waals surface area contributed by atoms with Crippen LogP contribution < -0.4 is 0 Å². The number of nitrogens with zero attached hydrogens (tertiary/aromatic N) is 5. The van der Waals surface area contributed by atoms with E-state index in [-0.39, 0.29) is 18.4 Å². The molecule has 0 aromatic carbocycles. The summed E-state index contributed by atoms with van der Waals surface area (Å²) in [5.41, 5.74) is 0.810. The zero-order chi connectivity index (χ0) is 18.7. The molecule has 2 aromatic rings. The maximum Gasteiger partial charge on any atom is 0.274 e. The van der Waals surface area contributed by atoms with Crippen molar-refractivity contribution in [1.82, 2.24) is 24.8 Å². The molecule has 2 fully saturated rings. The maximum absolute atomic E-state index is 12.5. The van der Waals surface area contributed by atoms with Crippen LogP contribution in [-0.2, 0) is 16.1 Å². The normalized spacial score (nSPS) is 19.3. The van der Waals surface area contributed by atoms with Gasteiger partial charge in [-0.15, -0.1) is 0 Å². The van der Waals surface area contributed by atoms with Crippen molar-refractivity contribution in [3.8, 4) is 0 Å². The van der Waals surface area contributed by atoms with Gasteiger partial charge in [0.05, 0.1) is 30.6 Å². The first kappa shape index (κ1) is 17.5. The summed E-state index contributed by atoms with van der Waals surface area (Å²) in [4.78, 5) is 40.7. The Bertz CT molecular complexity index is 807. The smallest absolute Gasteiger partial charge is 0.274 e. The van der Waals surface area contributed by atoms with Gasteiger partial charge in [-0.25, -0.2) is 4.98 Å². The highest BCUT2D eigenvalue weighted by atomic mass is 16.5. The molecule has 0 unspecified atom stereocenters. The number of piperidine rings is 1. The highest BCUT2D eigenvalue weighted by molar-refractivity contribution is 5.92. The molecule has 4 rings (SSSR count). The van der Waals surface area contributed by atoms with Crippen LogP contribution in [0.5, 0.6) is 0 Å². The van der Waals surface area contributed by atoms with Gasteiger partial charge in [-0.1, -0.05) is 6.07 Å². The summed E-state index contributed by atoms with van der Waals surface area (Å²) >= 11 is 0. The van der Waals surface area contributed by atoms with Gasteiger partial charge >= 0.3 is 0 Å². The Hall–Kier alpha value is -2.87. The number of aromatic nitrogens is 3. The van der Waals surface area contributed by atoms with Crippen LogP contribution in [0.15, 0.2) is 43.0 Å². The minimum absolute atomic E-state index is 0.0238. The highest BCUT2D eigenvalue weighted by Crippen LogP contribution is 2.31. The van der Waals surface area contributed by atoms with E-state index in [4.69, 9.17) is 4.74 Å². The molecule has 140 valence electrons. The van der Waals surface area contributed by atoms with Crippen molar-refractivity contribution in [1.29, 1.82) is 0 Å². The van der Waals surface area contributed by atoms with E-state index in [2.05, 4.69) is 15.0 Å². The Balaban J connectivity index is 1.40. The zero-order valence-corrected chi connectivity index (χ0v) is 15.0. The van der Waals surface area contributed by atoms with Gasteiger partial charge in [0.1, 0.15) is 12.3 Å². The first-order chi connectivity index (χ1) is 13.2. The molecule has 8 nitrogen and oxygen atoms in total. The third-order valence-electron chi connectivity index (χ3n) is 5.16. The van der Waals surface area contributed by atoms with Crippen molar-refractivity contribution < 1.29 is 14.3 Å². The molecule has 2 amide bonds. The average Bonchev–Trinajstić information content (AvgIpc) is 2.72. The summed E-state index contributed by atoms with van der Waals surface area (Å²) in [6.45, 7) is 2.22. The molecule has 8 heteroatoms. The number of likely N-dealkylation sites (tertiary alicyclic amines) is 1. The minimum atomic E-state index is -0.401. The van der Waals surface area contributed by atoms with Crippen LogP contribution in [0.4, 0.5) is 0 Å². The third kappa shape index (κ3) is 3.80. The average molecular weight is 367 g/mol. The minimum Gasteiger partial charge on any atom is -0.363 e. The van der Waals surface area contributed by atoms with E-state index in [1.54, 1.807) is 17.3 Å². The number of morpholine rings is 1. The van der Waals surface area contributed by atoms with Gasteiger partial charge in [0, 0.05) is 31.7 Å². The van der Waals surface area contributed by atoms with Crippen molar-refractivity contribution >= 4 is 11.8 Å². The number of carbonyl (C=O) groups excluding carboxylic acids is 2. The number of hydrogen-bond acceptors (Lipinski definition) is 6. The zero-order valence-electron chi connectivity index (χ0n) is 15.0. The summed E-state index contributed by atoms with van der Waals surface area (Å²) in [6.07, 6.45) is 7.65. The first-order valence-corrected chi connectivity index (χ1v) is 9.02. The van der Waals surface area contributed by atoms with Crippen LogP contribution in [-0.4, -0.2) is 68.4 Å². The lowest BCUT2D eigenvalue weighted by molar-refractivity contribution is -0.171. The summed E-state index contributed by atoms with van der Waals surface area (Å²) in [5.74, 6) is -0.139. The SMILES string of the molecule is O=C1COC2(CCN(C(=O)c3cnccn3)CC2)CN1Cc1ccccn1. The molecule has 0 atom stereocenters. The molecule has 2 saturated heterocycles. The van der Waals surface area contributed by atoms with E-state index >= 15 is 0 Å². The first-order valence-electron chi connectivity index (χ1n) is 9.02. The Kier molecular flexibility index (Phi) is 4.81. The third-order valence-corrected chi connectivity index (χ3v) is 5.16. The quantitative estimate of drug-likeness (QED) is 0.801. The van der Waals surface area contributed by atoms with Crippen LogP contribution >= 0.6 is 0 Å². The lowest BCUT2D eigenvalue weighted by Crippen LogP contribution is -2.59. The van der Waals surface area contributed by atoms with Gasteiger partial charge in [-0.05, 0) is 25.0 Å². The summed E-state index contributed by atoms with van der Waals surface area (Å²) in [5, 5.41) is 0. The van der Waals surface area contributed by atoms with E-state index < -0.39 is 5.60 Å². The Morgan fingerprint density at radius 3 is 2.70 bits per heavy atom. The lowest BCUT2D eigenvalue weighted by Gasteiger charge is -2.46. The molecule has 0 N–H and O–H groups in total. The Labute approximate surface area is 157 Å². The molecule has 0 saturated carbocycles. The molecule has 27 heavy (non-hydrogen) atoms. The summed E-state index contributed by atoms with van der Waals surface area (Å²) in [7, 11) is 0. The molecule has 0 bridgehead atoms. The maximum atomic E-state index is 12.5. The number of amides is 2. The number of hydrogen-bond donors (Lipinski definition) is 0. The second-order valence-corrected chi connectivity index (χ2v) is 6.93.